The van der Waals surface area contributed by atoms with Crippen LogP contribution in [0.5, 0.6) is 0 Å². The molecule has 0 unspecified atom stereocenters. The monoisotopic (exact) mass is 485 g/mol. The molecule has 0 radical (unpaired) electrons. The van der Waals surface area contributed by atoms with Crippen molar-refractivity contribution in [1.29, 1.82) is 0 Å². The van der Waals surface area contributed by atoms with Crippen LogP contribution < -0.4 is 5.32 Å². The number of aromatic nitrogens is 1. The molecule has 0 atom stereocenters. The van der Waals surface area contributed by atoms with E-state index >= 15 is 0 Å². The molecule has 0 saturated heterocycles. The zero-order valence-electron chi connectivity index (χ0n) is 19.3. The summed E-state index contributed by atoms with van der Waals surface area (Å²) in [6.45, 7) is 1.51. The third kappa shape index (κ3) is 7.60. The second kappa shape index (κ2) is 12.6. The summed E-state index contributed by atoms with van der Waals surface area (Å²) >= 11 is 1.37. The predicted molar refractivity (Wildman–Crippen MR) is 137 cm³/mol. The Bertz CT molecular complexity index is 1210. The molecule has 178 valence electrons. The molecule has 0 spiro atoms. The lowest BCUT2D eigenvalue weighted by atomic mass is 10.2. The van der Waals surface area contributed by atoms with Crippen molar-refractivity contribution in [1.82, 2.24) is 15.2 Å². The number of carbonyl (C=O) groups excluding carboxylic acids is 2. The molecule has 4 rings (SSSR count). The number of carbonyl (C=O) groups is 2. The Morgan fingerprint density at radius 3 is 2.06 bits per heavy atom. The van der Waals surface area contributed by atoms with Gasteiger partial charge >= 0.3 is 0 Å². The molecular weight excluding hydrogens is 458 g/mol. The van der Waals surface area contributed by atoms with Crippen molar-refractivity contribution in [2.75, 3.05) is 6.61 Å². The van der Waals surface area contributed by atoms with Crippen molar-refractivity contribution in [3.05, 3.63) is 124 Å². The normalized spacial score (nSPS) is 10.6. The van der Waals surface area contributed by atoms with Gasteiger partial charge in [0.05, 0.1) is 13.2 Å². The Balaban J connectivity index is 1.37. The van der Waals surface area contributed by atoms with Crippen molar-refractivity contribution < 1.29 is 14.3 Å². The molecule has 0 aliphatic heterocycles. The van der Waals surface area contributed by atoms with E-state index in [4.69, 9.17) is 4.74 Å². The molecule has 0 fully saturated rings. The van der Waals surface area contributed by atoms with E-state index in [1.165, 1.54) is 11.3 Å². The number of ether oxygens (including phenoxy) is 1. The minimum atomic E-state index is -0.233. The zero-order valence-corrected chi connectivity index (χ0v) is 20.1. The van der Waals surface area contributed by atoms with Crippen LogP contribution in [0.1, 0.15) is 32.2 Å². The number of nitrogens with one attached hydrogen (secondary N) is 1. The number of thiazole rings is 1. The second-order valence-electron chi connectivity index (χ2n) is 8.01. The molecule has 6 nitrogen and oxygen atoms in total. The number of rotatable bonds is 11. The molecule has 0 aliphatic carbocycles. The first-order valence-corrected chi connectivity index (χ1v) is 12.3. The van der Waals surface area contributed by atoms with E-state index in [9.17, 15) is 9.59 Å². The minimum absolute atomic E-state index is 0.0302. The second-order valence-corrected chi connectivity index (χ2v) is 8.95. The number of benzene rings is 3. The standard InChI is InChI=1S/C28H27N3O3S/c32-27(20-34-19-24-14-8-3-9-15-24)31(17-23-12-6-2-7-13-23)18-26-30-25(21-35-26)28(33)29-16-22-10-4-1-5-11-22/h1-15,21H,16-20H2,(H,29,33). The van der Waals surface area contributed by atoms with Gasteiger partial charge in [0.15, 0.2) is 0 Å². The highest BCUT2D eigenvalue weighted by atomic mass is 32.1. The SMILES string of the molecule is O=C(NCc1ccccc1)c1csc(CN(Cc2ccccc2)C(=O)COCc2ccccc2)n1. The number of hydrogen-bond acceptors (Lipinski definition) is 5. The van der Waals surface area contributed by atoms with Crippen molar-refractivity contribution >= 4 is 23.2 Å². The maximum absolute atomic E-state index is 13.0. The number of hydrogen-bond donors (Lipinski definition) is 1. The highest BCUT2D eigenvalue weighted by Gasteiger charge is 2.18. The molecular formula is C28H27N3O3S. The van der Waals surface area contributed by atoms with E-state index < -0.39 is 0 Å². The van der Waals surface area contributed by atoms with Gasteiger partial charge in [-0.1, -0.05) is 91.0 Å². The number of amides is 2. The summed E-state index contributed by atoms with van der Waals surface area (Å²) in [5, 5.41) is 5.32. The Kier molecular flexibility index (Phi) is 8.75. The lowest BCUT2D eigenvalue weighted by Gasteiger charge is -2.22. The average Bonchev–Trinajstić information content (AvgIpc) is 3.37. The third-order valence-corrected chi connectivity index (χ3v) is 6.15. The fourth-order valence-electron chi connectivity index (χ4n) is 3.48. The summed E-state index contributed by atoms with van der Waals surface area (Å²) in [5.41, 5.74) is 3.40. The van der Waals surface area contributed by atoms with Crippen LogP contribution in [-0.2, 0) is 35.8 Å². The van der Waals surface area contributed by atoms with Crippen LogP contribution in [0, 0.1) is 0 Å². The van der Waals surface area contributed by atoms with Crippen LogP contribution in [-0.4, -0.2) is 28.3 Å². The van der Waals surface area contributed by atoms with Gasteiger partial charge in [-0.2, -0.15) is 0 Å². The van der Waals surface area contributed by atoms with E-state index in [1.807, 2.05) is 91.0 Å². The van der Waals surface area contributed by atoms with Gasteiger partial charge in [-0.25, -0.2) is 4.98 Å². The first kappa shape index (κ1) is 24.3. The summed E-state index contributed by atoms with van der Waals surface area (Å²) in [4.78, 5) is 31.8. The smallest absolute Gasteiger partial charge is 0.271 e. The van der Waals surface area contributed by atoms with Gasteiger partial charge in [0.25, 0.3) is 5.91 Å². The first-order valence-electron chi connectivity index (χ1n) is 11.4. The molecule has 0 aliphatic rings. The van der Waals surface area contributed by atoms with Gasteiger partial charge in [0.1, 0.15) is 17.3 Å². The van der Waals surface area contributed by atoms with Crippen LogP contribution in [0.15, 0.2) is 96.4 Å². The Morgan fingerprint density at radius 1 is 0.800 bits per heavy atom. The van der Waals surface area contributed by atoms with E-state index in [2.05, 4.69) is 10.3 Å². The molecule has 1 aromatic heterocycles. The molecule has 3 aromatic carbocycles. The van der Waals surface area contributed by atoms with Gasteiger partial charge < -0.3 is 15.0 Å². The highest BCUT2D eigenvalue weighted by Crippen LogP contribution is 2.16. The van der Waals surface area contributed by atoms with E-state index in [-0.39, 0.29) is 18.4 Å². The summed E-state index contributed by atoms with van der Waals surface area (Å²) in [6, 6.07) is 29.3. The highest BCUT2D eigenvalue weighted by molar-refractivity contribution is 7.09. The average molecular weight is 486 g/mol. The minimum Gasteiger partial charge on any atom is -0.367 e. The summed E-state index contributed by atoms with van der Waals surface area (Å²) in [6.07, 6.45) is 0. The van der Waals surface area contributed by atoms with Crippen LogP contribution in [0.25, 0.3) is 0 Å². The molecule has 7 heteroatoms. The molecule has 35 heavy (non-hydrogen) atoms. The maximum Gasteiger partial charge on any atom is 0.271 e. The van der Waals surface area contributed by atoms with Crippen molar-refractivity contribution in [2.45, 2.75) is 26.2 Å². The molecule has 1 heterocycles. The Hall–Kier alpha value is -3.81. The maximum atomic E-state index is 13.0. The van der Waals surface area contributed by atoms with Crippen molar-refractivity contribution in [3.8, 4) is 0 Å². The summed E-state index contributed by atoms with van der Waals surface area (Å²) in [7, 11) is 0. The molecule has 1 N–H and O–H groups in total. The lowest BCUT2D eigenvalue weighted by Crippen LogP contribution is -2.33. The van der Waals surface area contributed by atoms with Gasteiger partial charge in [0, 0.05) is 18.5 Å². The van der Waals surface area contributed by atoms with Gasteiger partial charge in [-0.05, 0) is 16.7 Å². The summed E-state index contributed by atoms with van der Waals surface area (Å²) in [5.74, 6) is -0.362. The van der Waals surface area contributed by atoms with Gasteiger partial charge in [-0.15, -0.1) is 11.3 Å². The summed E-state index contributed by atoms with van der Waals surface area (Å²) < 4.78 is 5.68. The predicted octanol–water partition coefficient (Wildman–Crippen LogP) is 4.82. The van der Waals surface area contributed by atoms with Crippen LogP contribution in [0.3, 0.4) is 0 Å². The van der Waals surface area contributed by atoms with Crippen LogP contribution in [0.4, 0.5) is 0 Å². The van der Waals surface area contributed by atoms with E-state index in [0.29, 0.717) is 36.9 Å². The fraction of sp³-hybridized carbons (Fsp3) is 0.179. The molecule has 2 amide bonds. The van der Waals surface area contributed by atoms with E-state index in [1.54, 1.807) is 10.3 Å². The van der Waals surface area contributed by atoms with Crippen LogP contribution in [0.2, 0.25) is 0 Å². The number of nitrogens with zero attached hydrogens (tertiary/aromatic N) is 2. The fourth-order valence-corrected chi connectivity index (χ4v) is 4.27. The Morgan fingerprint density at radius 2 is 1.40 bits per heavy atom. The van der Waals surface area contributed by atoms with Crippen molar-refractivity contribution in [2.24, 2.45) is 0 Å². The lowest BCUT2D eigenvalue weighted by molar-refractivity contribution is -0.137. The van der Waals surface area contributed by atoms with E-state index in [0.717, 1.165) is 16.7 Å². The van der Waals surface area contributed by atoms with Crippen LogP contribution >= 0.6 is 11.3 Å². The first-order chi connectivity index (χ1) is 17.2. The topological polar surface area (TPSA) is 71.5 Å². The molecule has 0 saturated carbocycles. The quantitative estimate of drug-likeness (QED) is 0.331. The largest absolute Gasteiger partial charge is 0.367 e. The molecule has 4 aromatic rings. The Labute approximate surface area is 209 Å². The van der Waals surface area contributed by atoms with Crippen molar-refractivity contribution in [3.63, 3.8) is 0 Å². The zero-order chi connectivity index (χ0) is 24.3. The van der Waals surface area contributed by atoms with Gasteiger partial charge in [-0.3, -0.25) is 9.59 Å². The third-order valence-electron chi connectivity index (χ3n) is 5.31. The molecule has 0 bridgehead atoms. The van der Waals surface area contributed by atoms with Gasteiger partial charge in [0.2, 0.25) is 5.91 Å².